The summed E-state index contributed by atoms with van der Waals surface area (Å²) < 4.78 is 5.11. The number of nitrogens with zero attached hydrogens (tertiary/aromatic N) is 2. The van der Waals surface area contributed by atoms with Crippen LogP contribution in [0.15, 0.2) is 42.9 Å². The normalized spacial score (nSPS) is 9.39. The Morgan fingerprint density at radius 2 is 1.94 bits per heavy atom. The van der Waals surface area contributed by atoms with Gasteiger partial charge in [-0.1, -0.05) is 12.1 Å². The van der Waals surface area contributed by atoms with E-state index in [9.17, 15) is 0 Å². The molecule has 0 aliphatic rings. The second-order valence-corrected chi connectivity index (χ2v) is 3.62. The van der Waals surface area contributed by atoms with Gasteiger partial charge in [0, 0.05) is 12.7 Å². The SMILES string of the molecule is COc1ccc(CCNc2ccncn2)cc1.Cl. The summed E-state index contributed by atoms with van der Waals surface area (Å²) in [5, 5.41) is 3.24. The molecule has 4 nitrogen and oxygen atoms in total. The average molecular weight is 266 g/mol. The van der Waals surface area contributed by atoms with Gasteiger partial charge in [-0.05, 0) is 30.2 Å². The van der Waals surface area contributed by atoms with E-state index in [0.717, 1.165) is 24.5 Å². The summed E-state index contributed by atoms with van der Waals surface area (Å²) in [6.45, 7) is 0.851. The van der Waals surface area contributed by atoms with Crippen LogP contribution in [0.2, 0.25) is 0 Å². The molecule has 1 N–H and O–H groups in total. The van der Waals surface area contributed by atoms with Crippen LogP contribution in [0, 0.1) is 0 Å². The quantitative estimate of drug-likeness (QED) is 0.903. The van der Waals surface area contributed by atoms with Crippen molar-refractivity contribution in [2.24, 2.45) is 0 Å². The minimum Gasteiger partial charge on any atom is -0.497 e. The highest BCUT2D eigenvalue weighted by molar-refractivity contribution is 5.85. The van der Waals surface area contributed by atoms with Crippen LogP contribution < -0.4 is 10.1 Å². The van der Waals surface area contributed by atoms with Crippen molar-refractivity contribution in [3.8, 4) is 5.75 Å². The van der Waals surface area contributed by atoms with Gasteiger partial charge in [0.05, 0.1) is 7.11 Å². The molecule has 2 aromatic rings. The highest BCUT2D eigenvalue weighted by Gasteiger charge is 1.95. The molecule has 2 rings (SSSR count). The number of nitrogens with one attached hydrogen (secondary N) is 1. The van der Waals surface area contributed by atoms with E-state index in [1.54, 1.807) is 13.3 Å². The first-order valence-electron chi connectivity index (χ1n) is 5.51. The summed E-state index contributed by atoms with van der Waals surface area (Å²) in [6.07, 6.45) is 4.21. The van der Waals surface area contributed by atoms with E-state index in [1.165, 1.54) is 11.9 Å². The lowest BCUT2D eigenvalue weighted by atomic mass is 10.1. The molecule has 18 heavy (non-hydrogen) atoms. The van der Waals surface area contributed by atoms with E-state index in [0.29, 0.717) is 0 Å². The molecule has 0 fully saturated rings. The fourth-order valence-corrected chi connectivity index (χ4v) is 1.52. The second kappa shape index (κ2) is 7.50. The molecule has 96 valence electrons. The third-order valence-electron chi connectivity index (χ3n) is 2.46. The van der Waals surface area contributed by atoms with Crippen molar-refractivity contribution in [2.75, 3.05) is 19.0 Å². The van der Waals surface area contributed by atoms with Gasteiger partial charge in [-0.15, -0.1) is 12.4 Å². The maximum atomic E-state index is 5.11. The van der Waals surface area contributed by atoms with Crippen LogP contribution >= 0.6 is 12.4 Å². The molecule has 0 radical (unpaired) electrons. The standard InChI is InChI=1S/C13H15N3O.ClH/c1-17-12-4-2-11(3-5-12)6-9-15-13-7-8-14-10-16-13;/h2-5,7-8,10H,6,9H2,1H3,(H,14,15,16);1H. The Labute approximate surface area is 113 Å². The molecule has 5 heteroatoms. The smallest absolute Gasteiger partial charge is 0.129 e. The summed E-state index contributed by atoms with van der Waals surface area (Å²) in [4.78, 5) is 7.96. The predicted octanol–water partition coefficient (Wildman–Crippen LogP) is 2.56. The molecule has 1 aromatic heterocycles. The van der Waals surface area contributed by atoms with Gasteiger partial charge in [0.15, 0.2) is 0 Å². The van der Waals surface area contributed by atoms with Crippen molar-refractivity contribution in [3.05, 3.63) is 48.4 Å². The van der Waals surface area contributed by atoms with Crippen LogP contribution in [0.5, 0.6) is 5.75 Å². The van der Waals surface area contributed by atoms with Crippen molar-refractivity contribution >= 4 is 18.2 Å². The van der Waals surface area contributed by atoms with E-state index in [1.807, 2.05) is 18.2 Å². The van der Waals surface area contributed by atoms with Crippen molar-refractivity contribution in [2.45, 2.75) is 6.42 Å². The molecule has 1 aromatic carbocycles. The average Bonchev–Trinajstić information content (AvgIpc) is 2.41. The molecular weight excluding hydrogens is 250 g/mol. The van der Waals surface area contributed by atoms with Gasteiger partial charge in [0.25, 0.3) is 0 Å². The number of halogens is 1. The molecule has 0 atom stereocenters. The van der Waals surface area contributed by atoms with Crippen LogP contribution in [0.1, 0.15) is 5.56 Å². The van der Waals surface area contributed by atoms with E-state index in [4.69, 9.17) is 4.74 Å². The molecule has 0 bridgehead atoms. The molecule has 0 unspecified atom stereocenters. The van der Waals surface area contributed by atoms with E-state index in [-0.39, 0.29) is 12.4 Å². The van der Waals surface area contributed by atoms with Gasteiger partial charge in [-0.25, -0.2) is 9.97 Å². The highest BCUT2D eigenvalue weighted by atomic mass is 35.5. The van der Waals surface area contributed by atoms with Crippen molar-refractivity contribution in [1.82, 2.24) is 9.97 Å². The lowest BCUT2D eigenvalue weighted by Gasteiger charge is -2.05. The van der Waals surface area contributed by atoms with Gasteiger partial charge in [-0.3, -0.25) is 0 Å². The zero-order valence-corrected chi connectivity index (χ0v) is 11.0. The van der Waals surface area contributed by atoms with E-state index in [2.05, 4.69) is 27.4 Å². The molecule has 0 amide bonds. The summed E-state index contributed by atoms with van der Waals surface area (Å²) >= 11 is 0. The van der Waals surface area contributed by atoms with Crippen LogP contribution in [-0.2, 0) is 6.42 Å². The molecule has 0 saturated heterocycles. The van der Waals surface area contributed by atoms with Gasteiger partial charge in [0.2, 0.25) is 0 Å². The molecule has 1 heterocycles. The topological polar surface area (TPSA) is 47.0 Å². The Kier molecular flexibility index (Phi) is 5.94. The molecule has 0 saturated carbocycles. The minimum atomic E-state index is 0. The summed E-state index contributed by atoms with van der Waals surface area (Å²) in [6, 6.07) is 9.94. The zero-order chi connectivity index (χ0) is 11.9. The number of aromatic nitrogens is 2. The largest absolute Gasteiger partial charge is 0.497 e. The third-order valence-corrected chi connectivity index (χ3v) is 2.46. The lowest BCUT2D eigenvalue weighted by molar-refractivity contribution is 0.414. The van der Waals surface area contributed by atoms with Crippen molar-refractivity contribution < 1.29 is 4.74 Å². The van der Waals surface area contributed by atoms with Crippen LogP contribution in [-0.4, -0.2) is 23.6 Å². The Hall–Kier alpha value is -1.81. The molecule has 0 aliphatic carbocycles. The maximum Gasteiger partial charge on any atom is 0.129 e. The summed E-state index contributed by atoms with van der Waals surface area (Å²) in [7, 11) is 1.67. The zero-order valence-electron chi connectivity index (χ0n) is 10.2. The number of ether oxygens (including phenoxy) is 1. The Bertz CT molecular complexity index is 448. The Balaban J connectivity index is 0.00000162. The number of benzene rings is 1. The minimum absolute atomic E-state index is 0. The Morgan fingerprint density at radius 1 is 1.17 bits per heavy atom. The van der Waals surface area contributed by atoms with Gasteiger partial charge in [-0.2, -0.15) is 0 Å². The van der Waals surface area contributed by atoms with E-state index < -0.39 is 0 Å². The first-order chi connectivity index (χ1) is 8.38. The van der Waals surface area contributed by atoms with Crippen LogP contribution in [0.4, 0.5) is 5.82 Å². The van der Waals surface area contributed by atoms with Crippen LogP contribution in [0.25, 0.3) is 0 Å². The number of hydrogen-bond acceptors (Lipinski definition) is 4. The number of anilines is 1. The maximum absolute atomic E-state index is 5.11. The first kappa shape index (κ1) is 14.3. The predicted molar refractivity (Wildman–Crippen MR) is 74.5 cm³/mol. The van der Waals surface area contributed by atoms with E-state index >= 15 is 0 Å². The lowest BCUT2D eigenvalue weighted by Crippen LogP contribution is -2.06. The monoisotopic (exact) mass is 265 g/mol. The van der Waals surface area contributed by atoms with Gasteiger partial charge in [0.1, 0.15) is 17.9 Å². The second-order valence-electron chi connectivity index (χ2n) is 3.62. The number of hydrogen-bond donors (Lipinski definition) is 1. The molecular formula is C13H16ClN3O. The first-order valence-corrected chi connectivity index (χ1v) is 5.51. The van der Waals surface area contributed by atoms with Crippen LogP contribution in [0.3, 0.4) is 0 Å². The summed E-state index contributed by atoms with van der Waals surface area (Å²) in [5.74, 6) is 1.74. The van der Waals surface area contributed by atoms with Crippen molar-refractivity contribution in [1.29, 1.82) is 0 Å². The summed E-state index contributed by atoms with van der Waals surface area (Å²) in [5.41, 5.74) is 1.27. The van der Waals surface area contributed by atoms with Crippen molar-refractivity contribution in [3.63, 3.8) is 0 Å². The molecule has 0 aliphatic heterocycles. The Morgan fingerprint density at radius 3 is 2.56 bits per heavy atom. The van der Waals surface area contributed by atoms with Gasteiger partial charge >= 0.3 is 0 Å². The van der Waals surface area contributed by atoms with Gasteiger partial charge < -0.3 is 10.1 Å². The number of rotatable bonds is 5. The third kappa shape index (κ3) is 4.22. The molecule has 0 spiro atoms. The fourth-order valence-electron chi connectivity index (χ4n) is 1.52. The fraction of sp³-hybridized carbons (Fsp3) is 0.231. The number of methoxy groups -OCH3 is 1. The highest BCUT2D eigenvalue weighted by Crippen LogP contribution is 2.11.